The molecular formula is C23H22ClNO3. The van der Waals surface area contributed by atoms with Crippen molar-refractivity contribution in [3.63, 3.8) is 0 Å². The van der Waals surface area contributed by atoms with Crippen molar-refractivity contribution in [3.05, 3.63) is 65.2 Å². The number of ether oxygens (including phenoxy) is 2. The number of hydrogen-bond donors (Lipinski definition) is 0. The highest BCUT2D eigenvalue weighted by molar-refractivity contribution is 5.91. The third-order valence-electron chi connectivity index (χ3n) is 4.17. The predicted octanol–water partition coefficient (Wildman–Crippen LogP) is 3.32. The van der Waals surface area contributed by atoms with Crippen LogP contribution in [0.15, 0.2) is 48.5 Å². The summed E-state index contributed by atoms with van der Waals surface area (Å²) in [6, 6.07) is 14.3. The van der Waals surface area contributed by atoms with E-state index in [0.717, 1.165) is 37.4 Å². The van der Waals surface area contributed by atoms with Crippen LogP contribution in [0.25, 0.3) is 0 Å². The van der Waals surface area contributed by atoms with E-state index in [9.17, 15) is 4.79 Å². The lowest BCUT2D eigenvalue weighted by Crippen LogP contribution is -2.36. The fraction of sp³-hybridized carbons (Fsp3) is 0.261. The molecule has 2 aromatic rings. The number of morpholine rings is 1. The molecule has 0 N–H and O–H groups in total. The van der Waals surface area contributed by atoms with Gasteiger partial charge in [0.1, 0.15) is 5.75 Å². The van der Waals surface area contributed by atoms with Crippen molar-refractivity contribution in [2.45, 2.75) is 6.92 Å². The molecule has 4 nitrogen and oxygen atoms in total. The number of rotatable bonds is 3. The van der Waals surface area contributed by atoms with Gasteiger partial charge in [-0.3, -0.25) is 4.90 Å². The lowest BCUT2D eigenvalue weighted by atomic mass is 10.1. The standard InChI is InChI=1S/C23H21NO3.ClH/c1-19-18-22(27-23(25)21-9-4-2-5-10-21)12-11-20(19)8-6-3-7-13-24-14-16-26-17-15-24;/h2,4-5,9-12,18H,13-17H2,1H3;1H. The van der Waals surface area contributed by atoms with E-state index >= 15 is 0 Å². The maximum absolute atomic E-state index is 12.1. The first-order valence-electron chi connectivity index (χ1n) is 8.89. The van der Waals surface area contributed by atoms with E-state index in [1.165, 1.54) is 0 Å². The summed E-state index contributed by atoms with van der Waals surface area (Å²) in [5.41, 5.74) is 2.33. The summed E-state index contributed by atoms with van der Waals surface area (Å²) in [5, 5.41) is 0. The van der Waals surface area contributed by atoms with E-state index in [1.807, 2.05) is 25.1 Å². The molecule has 0 bridgehead atoms. The zero-order chi connectivity index (χ0) is 18.9. The Hall–Kier alpha value is -2.76. The Bertz CT molecular complexity index is 914. The van der Waals surface area contributed by atoms with Gasteiger partial charge < -0.3 is 9.47 Å². The molecule has 28 heavy (non-hydrogen) atoms. The maximum Gasteiger partial charge on any atom is 0.343 e. The Balaban J connectivity index is 0.00000280. The number of halogens is 1. The van der Waals surface area contributed by atoms with Gasteiger partial charge in [0.2, 0.25) is 0 Å². The van der Waals surface area contributed by atoms with E-state index in [1.54, 1.807) is 30.3 Å². The minimum Gasteiger partial charge on any atom is -0.423 e. The van der Waals surface area contributed by atoms with Gasteiger partial charge in [-0.25, -0.2) is 4.79 Å². The molecule has 2 aromatic carbocycles. The van der Waals surface area contributed by atoms with Crippen LogP contribution < -0.4 is 4.74 Å². The minimum absolute atomic E-state index is 0. The van der Waals surface area contributed by atoms with Crippen LogP contribution in [0.2, 0.25) is 0 Å². The second-order valence-corrected chi connectivity index (χ2v) is 6.17. The molecule has 0 aromatic heterocycles. The molecule has 0 atom stereocenters. The zero-order valence-corrected chi connectivity index (χ0v) is 16.6. The molecule has 0 aliphatic carbocycles. The van der Waals surface area contributed by atoms with E-state index in [2.05, 4.69) is 28.6 Å². The highest BCUT2D eigenvalue weighted by Gasteiger charge is 2.09. The number of carbonyl (C=O) groups excluding carboxylic acids is 1. The molecule has 1 heterocycles. The Kier molecular flexibility index (Phi) is 8.59. The van der Waals surface area contributed by atoms with Crippen LogP contribution in [0.4, 0.5) is 0 Å². The molecule has 0 unspecified atom stereocenters. The first-order chi connectivity index (χ1) is 13.2. The highest BCUT2D eigenvalue weighted by atomic mass is 35.5. The highest BCUT2D eigenvalue weighted by Crippen LogP contribution is 2.18. The molecule has 1 aliphatic heterocycles. The lowest BCUT2D eigenvalue weighted by Gasteiger charge is -2.24. The monoisotopic (exact) mass is 395 g/mol. The maximum atomic E-state index is 12.1. The molecule has 1 fully saturated rings. The van der Waals surface area contributed by atoms with Crippen LogP contribution >= 0.6 is 12.4 Å². The van der Waals surface area contributed by atoms with Crippen LogP contribution in [0.3, 0.4) is 0 Å². The molecule has 5 heteroatoms. The minimum atomic E-state index is -0.372. The van der Waals surface area contributed by atoms with Crippen molar-refractivity contribution < 1.29 is 14.3 Å². The topological polar surface area (TPSA) is 38.8 Å². The number of nitrogens with zero attached hydrogens (tertiary/aromatic N) is 1. The van der Waals surface area contributed by atoms with Gasteiger partial charge in [0.15, 0.2) is 0 Å². The molecular weight excluding hydrogens is 374 g/mol. The van der Waals surface area contributed by atoms with Crippen molar-refractivity contribution in [2.24, 2.45) is 0 Å². The summed E-state index contributed by atoms with van der Waals surface area (Å²) in [6.45, 7) is 6.03. The van der Waals surface area contributed by atoms with Crippen molar-refractivity contribution in [3.8, 4) is 29.4 Å². The second kappa shape index (κ2) is 11.2. The fourth-order valence-corrected chi connectivity index (χ4v) is 2.63. The fourth-order valence-electron chi connectivity index (χ4n) is 2.63. The van der Waals surface area contributed by atoms with Crippen molar-refractivity contribution >= 4 is 18.4 Å². The normalized spacial score (nSPS) is 13.2. The summed E-state index contributed by atoms with van der Waals surface area (Å²) >= 11 is 0. The first kappa shape index (κ1) is 21.5. The zero-order valence-electron chi connectivity index (χ0n) is 15.7. The number of benzene rings is 2. The van der Waals surface area contributed by atoms with E-state index in [-0.39, 0.29) is 18.4 Å². The van der Waals surface area contributed by atoms with Crippen LogP contribution in [0.5, 0.6) is 5.75 Å². The van der Waals surface area contributed by atoms with Gasteiger partial charge in [-0.2, -0.15) is 0 Å². The molecule has 0 radical (unpaired) electrons. The van der Waals surface area contributed by atoms with Gasteiger partial charge in [-0.1, -0.05) is 30.0 Å². The third kappa shape index (κ3) is 6.44. The van der Waals surface area contributed by atoms with Gasteiger partial charge in [0.25, 0.3) is 0 Å². The number of carbonyl (C=O) groups is 1. The van der Waals surface area contributed by atoms with E-state index in [0.29, 0.717) is 17.9 Å². The molecule has 1 saturated heterocycles. The van der Waals surface area contributed by atoms with E-state index < -0.39 is 0 Å². The van der Waals surface area contributed by atoms with Gasteiger partial charge >= 0.3 is 5.97 Å². The largest absolute Gasteiger partial charge is 0.423 e. The Labute approximate surface area is 172 Å². The third-order valence-corrected chi connectivity index (χ3v) is 4.17. The quantitative estimate of drug-likeness (QED) is 0.454. The van der Waals surface area contributed by atoms with Crippen LogP contribution in [0.1, 0.15) is 21.5 Å². The summed E-state index contributed by atoms with van der Waals surface area (Å²) in [4.78, 5) is 14.4. The second-order valence-electron chi connectivity index (χ2n) is 6.17. The van der Waals surface area contributed by atoms with Gasteiger partial charge in [0, 0.05) is 18.7 Å². The lowest BCUT2D eigenvalue weighted by molar-refractivity contribution is 0.0443. The molecule has 0 amide bonds. The average molecular weight is 396 g/mol. The summed E-state index contributed by atoms with van der Waals surface area (Å²) in [5.74, 6) is 12.1. The SMILES string of the molecule is Cc1cc(OC(=O)c2ccccc2)ccc1C#CC#CCN1CCOCC1.Cl. The smallest absolute Gasteiger partial charge is 0.343 e. The van der Waals surface area contributed by atoms with Crippen molar-refractivity contribution in [1.82, 2.24) is 4.90 Å². The summed E-state index contributed by atoms with van der Waals surface area (Å²) in [7, 11) is 0. The van der Waals surface area contributed by atoms with Gasteiger partial charge in [-0.05, 0) is 54.7 Å². The Morgan fingerprint density at radius 2 is 1.86 bits per heavy atom. The number of esters is 1. The molecule has 0 spiro atoms. The molecule has 1 aliphatic rings. The van der Waals surface area contributed by atoms with Crippen LogP contribution in [0, 0.1) is 30.6 Å². The summed E-state index contributed by atoms with van der Waals surface area (Å²) < 4.78 is 10.7. The van der Waals surface area contributed by atoms with Crippen LogP contribution in [-0.4, -0.2) is 43.7 Å². The van der Waals surface area contributed by atoms with Gasteiger partial charge in [-0.15, -0.1) is 12.4 Å². The van der Waals surface area contributed by atoms with Crippen molar-refractivity contribution in [1.29, 1.82) is 0 Å². The Morgan fingerprint density at radius 1 is 1.11 bits per heavy atom. The predicted molar refractivity (Wildman–Crippen MR) is 112 cm³/mol. The molecule has 0 saturated carbocycles. The molecule has 144 valence electrons. The van der Waals surface area contributed by atoms with Crippen LogP contribution in [-0.2, 0) is 4.74 Å². The van der Waals surface area contributed by atoms with Crippen molar-refractivity contribution in [2.75, 3.05) is 32.8 Å². The molecule has 3 rings (SSSR count). The summed E-state index contributed by atoms with van der Waals surface area (Å²) in [6.07, 6.45) is 0. The first-order valence-corrected chi connectivity index (χ1v) is 8.89. The average Bonchev–Trinajstić information content (AvgIpc) is 2.70. The number of aryl methyl sites for hydroxylation is 1. The van der Waals surface area contributed by atoms with E-state index in [4.69, 9.17) is 9.47 Å². The van der Waals surface area contributed by atoms with Gasteiger partial charge in [0.05, 0.1) is 25.3 Å². The Morgan fingerprint density at radius 3 is 2.57 bits per heavy atom. The number of hydrogen-bond acceptors (Lipinski definition) is 4.